The normalized spacial score (nSPS) is 13.4. The predicted molar refractivity (Wildman–Crippen MR) is 192 cm³/mol. The Balaban J connectivity index is 1.26. The molecule has 0 bridgehead atoms. The number of nitrogens with zero attached hydrogens (tertiary/aromatic N) is 2. The molecular formula is C42H26N2S. The van der Waals surface area contributed by atoms with E-state index in [0.717, 1.165) is 31.7 Å². The van der Waals surface area contributed by atoms with Gasteiger partial charge in [0.25, 0.3) is 0 Å². The summed E-state index contributed by atoms with van der Waals surface area (Å²) in [7, 11) is 0. The molecule has 3 aromatic heterocycles. The lowest BCUT2D eigenvalue weighted by Gasteiger charge is -2.13. The molecule has 3 heteroatoms. The highest BCUT2D eigenvalue weighted by atomic mass is 32.1. The lowest BCUT2D eigenvalue weighted by molar-refractivity contribution is 1.37. The van der Waals surface area contributed by atoms with E-state index < -0.39 is 12.1 Å². The van der Waals surface area contributed by atoms with Crippen LogP contribution in [0.5, 0.6) is 0 Å². The largest absolute Gasteiger partial charge is 0.254 e. The Bertz CT molecular complexity index is 2900. The van der Waals surface area contributed by atoms with Crippen LogP contribution in [0.3, 0.4) is 0 Å². The van der Waals surface area contributed by atoms with Crippen molar-refractivity contribution in [3.63, 3.8) is 0 Å². The SMILES string of the molecule is [2H]c1c([2H])c([2H])c2c(-c3ccc4ccc5cccnc5c4n3)c([2H])c([2H])c(-c3cccc(-c4ccc(-c5cccc6ccccc56)s4)c3)c2c1[2H]. The van der Waals surface area contributed by atoms with Crippen LogP contribution < -0.4 is 0 Å². The van der Waals surface area contributed by atoms with Gasteiger partial charge in [-0.3, -0.25) is 4.98 Å². The zero-order valence-corrected chi connectivity index (χ0v) is 24.7. The third-order valence-corrected chi connectivity index (χ3v) is 9.45. The summed E-state index contributed by atoms with van der Waals surface area (Å²) in [5.74, 6) is 0. The lowest BCUT2D eigenvalue weighted by atomic mass is 9.92. The average Bonchev–Trinajstić information content (AvgIpc) is 3.67. The molecule has 0 aliphatic carbocycles. The molecule has 210 valence electrons. The first-order valence-electron chi connectivity index (χ1n) is 17.7. The highest BCUT2D eigenvalue weighted by molar-refractivity contribution is 7.18. The van der Waals surface area contributed by atoms with Crippen LogP contribution in [-0.4, -0.2) is 9.97 Å². The highest BCUT2D eigenvalue weighted by Gasteiger charge is 2.14. The molecule has 0 fully saturated rings. The van der Waals surface area contributed by atoms with Crippen LogP contribution in [0.2, 0.25) is 0 Å². The number of fused-ring (bicyclic) bond motifs is 5. The Morgan fingerprint density at radius 3 is 2.13 bits per heavy atom. The molecule has 9 aromatic rings. The minimum Gasteiger partial charge on any atom is -0.254 e. The molecule has 2 nitrogen and oxygen atoms in total. The minimum atomic E-state index is -0.405. The first kappa shape index (κ1) is 20.3. The van der Waals surface area contributed by atoms with Gasteiger partial charge in [-0.05, 0) is 74.1 Å². The molecule has 0 unspecified atom stereocenters. The summed E-state index contributed by atoms with van der Waals surface area (Å²) >= 11 is 1.66. The monoisotopic (exact) mass is 596 g/mol. The maximum atomic E-state index is 9.38. The summed E-state index contributed by atoms with van der Waals surface area (Å²) < 4.78 is 54.1. The van der Waals surface area contributed by atoms with Crippen molar-refractivity contribution in [2.75, 3.05) is 0 Å². The fourth-order valence-corrected chi connectivity index (χ4v) is 7.16. The third-order valence-electron chi connectivity index (χ3n) is 8.29. The van der Waals surface area contributed by atoms with Crippen molar-refractivity contribution in [1.82, 2.24) is 9.97 Å². The number of benzene rings is 6. The van der Waals surface area contributed by atoms with Gasteiger partial charge in [0.2, 0.25) is 0 Å². The van der Waals surface area contributed by atoms with Crippen LogP contribution in [0.15, 0.2) is 158 Å². The molecule has 0 N–H and O–H groups in total. The molecule has 3 heterocycles. The van der Waals surface area contributed by atoms with E-state index in [0.29, 0.717) is 22.3 Å². The van der Waals surface area contributed by atoms with Gasteiger partial charge in [-0.2, -0.15) is 0 Å². The van der Waals surface area contributed by atoms with Gasteiger partial charge in [-0.25, -0.2) is 4.98 Å². The Hall–Kier alpha value is -5.64. The van der Waals surface area contributed by atoms with Crippen LogP contribution in [0, 0.1) is 0 Å². The second-order valence-corrected chi connectivity index (χ2v) is 12.0. The minimum absolute atomic E-state index is 0.139. The fourth-order valence-electron chi connectivity index (χ4n) is 6.12. The summed E-state index contributed by atoms with van der Waals surface area (Å²) in [4.78, 5) is 11.6. The van der Waals surface area contributed by atoms with Crippen LogP contribution >= 0.6 is 11.3 Å². The van der Waals surface area contributed by atoms with Crippen molar-refractivity contribution in [3.8, 4) is 43.3 Å². The van der Waals surface area contributed by atoms with Gasteiger partial charge in [-0.15, -0.1) is 11.3 Å². The van der Waals surface area contributed by atoms with Crippen molar-refractivity contribution in [2.24, 2.45) is 0 Å². The quantitative estimate of drug-likeness (QED) is 0.189. The van der Waals surface area contributed by atoms with E-state index in [1.807, 2.05) is 66.7 Å². The van der Waals surface area contributed by atoms with Gasteiger partial charge in [-0.1, -0.05) is 121 Å². The van der Waals surface area contributed by atoms with Gasteiger partial charge in [0.1, 0.15) is 0 Å². The number of pyridine rings is 2. The standard InChI is InChI=1S/C42H26N2S/c1-2-13-32-27(8-1)9-6-16-37(32)40-24-23-39(45-40)31-11-5-10-30(26-31)33-20-21-36(35-15-4-3-14-34(33)35)38-22-19-29-18-17-28-12-7-25-43-41(28)42(29)44-38/h1-26H/i3D,4D,14D,15D,20D,21D. The fraction of sp³-hybridized carbons (Fsp3) is 0. The van der Waals surface area contributed by atoms with Crippen molar-refractivity contribution >= 4 is 54.7 Å². The second kappa shape index (κ2) is 10.5. The van der Waals surface area contributed by atoms with Crippen LogP contribution in [-0.2, 0) is 0 Å². The Morgan fingerprint density at radius 2 is 1.20 bits per heavy atom. The smallest absolute Gasteiger partial charge is 0.0972 e. The van der Waals surface area contributed by atoms with Crippen molar-refractivity contribution in [1.29, 1.82) is 0 Å². The summed E-state index contributed by atoms with van der Waals surface area (Å²) in [5.41, 5.74) is 4.76. The molecule has 6 aromatic carbocycles. The van der Waals surface area contributed by atoms with Gasteiger partial charge >= 0.3 is 0 Å². The van der Waals surface area contributed by atoms with E-state index in [4.69, 9.17) is 10.5 Å². The summed E-state index contributed by atoms with van der Waals surface area (Å²) in [6, 6.07) is 36.2. The third kappa shape index (κ3) is 4.40. The molecule has 0 atom stereocenters. The topological polar surface area (TPSA) is 25.8 Å². The number of rotatable bonds is 4. The summed E-state index contributed by atoms with van der Waals surface area (Å²) in [6.07, 6.45) is 1.70. The van der Waals surface area contributed by atoms with Crippen molar-refractivity contribution in [3.05, 3.63) is 158 Å². The van der Waals surface area contributed by atoms with Crippen LogP contribution in [0.4, 0.5) is 0 Å². The molecule has 0 spiro atoms. The van der Waals surface area contributed by atoms with E-state index in [1.54, 1.807) is 23.6 Å². The first-order valence-corrected chi connectivity index (χ1v) is 15.5. The summed E-state index contributed by atoms with van der Waals surface area (Å²) in [5, 5.41) is 4.45. The Labute approximate surface area is 273 Å². The molecular weight excluding hydrogens is 565 g/mol. The molecule has 0 saturated carbocycles. The van der Waals surface area contributed by atoms with Crippen LogP contribution in [0.25, 0.3) is 86.6 Å². The highest BCUT2D eigenvalue weighted by Crippen LogP contribution is 2.40. The maximum absolute atomic E-state index is 9.38. The van der Waals surface area contributed by atoms with Crippen LogP contribution in [0.1, 0.15) is 8.22 Å². The number of thiophene rings is 1. The van der Waals surface area contributed by atoms with E-state index in [9.17, 15) is 2.74 Å². The second-order valence-electron chi connectivity index (χ2n) is 10.9. The molecule has 0 aliphatic heterocycles. The molecule has 45 heavy (non-hydrogen) atoms. The van der Waals surface area contributed by atoms with E-state index in [2.05, 4.69) is 47.4 Å². The zero-order valence-electron chi connectivity index (χ0n) is 29.8. The summed E-state index contributed by atoms with van der Waals surface area (Å²) in [6.45, 7) is 0. The molecule has 0 saturated heterocycles. The number of aromatic nitrogens is 2. The Kier molecular flexibility index (Phi) is 4.75. The lowest BCUT2D eigenvalue weighted by Crippen LogP contribution is -1.91. The van der Waals surface area contributed by atoms with E-state index in [-0.39, 0.29) is 46.1 Å². The van der Waals surface area contributed by atoms with E-state index >= 15 is 0 Å². The van der Waals surface area contributed by atoms with Gasteiger partial charge in [0.05, 0.1) is 25.0 Å². The average molecular weight is 597 g/mol. The molecule has 0 radical (unpaired) electrons. The predicted octanol–water partition coefficient (Wildman–Crippen LogP) is 11.8. The van der Waals surface area contributed by atoms with E-state index in [1.165, 1.54) is 10.8 Å². The van der Waals surface area contributed by atoms with Crippen molar-refractivity contribution < 1.29 is 8.22 Å². The maximum Gasteiger partial charge on any atom is 0.0972 e. The molecule has 0 amide bonds. The first-order chi connectivity index (χ1) is 24.8. The molecule has 0 aliphatic rings. The number of hydrogen-bond donors (Lipinski definition) is 0. The van der Waals surface area contributed by atoms with Gasteiger partial charge < -0.3 is 0 Å². The van der Waals surface area contributed by atoms with Gasteiger partial charge in [0, 0.05) is 32.3 Å². The van der Waals surface area contributed by atoms with Gasteiger partial charge in [0.15, 0.2) is 0 Å². The Morgan fingerprint density at radius 1 is 0.489 bits per heavy atom. The van der Waals surface area contributed by atoms with Crippen molar-refractivity contribution in [2.45, 2.75) is 0 Å². The zero-order chi connectivity index (χ0) is 35.0. The number of hydrogen-bond acceptors (Lipinski definition) is 3. The molecule has 9 rings (SSSR count).